The Kier molecular flexibility index (Phi) is 6.83. The average Bonchev–Trinajstić information content (AvgIpc) is 2.81. The van der Waals surface area contributed by atoms with Gasteiger partial charge < -0.3 is 15.0 Å². The minimum Gasteiger partial charge on any atom is -0.378 e. The molecule has 0 saturated carbocycles. The first kappa shape index (κ1) is 23.0. The predicted octanol–water partition coefficient (Wildman–Crippen LogP) is 4.37. The van der Waals surface area contributed by atoms with E-state index < -0.39 is 21.7 Å². The van der Waals surface area contributed by atoms with Crippen LogP contribution in [0.3, 0.4) is 0 Å². The van der Waals surface area contributed by atoms with Crippen LogP contribution < -0.4 is 14.9 Å². The van der Waals surface area contributed by atoms with Gasteiger partial charge in [0.15, 0.2) is 0 Å². The first-order chi connectivity index (χ1) is 15.8. The van der Waals surface area contributed by atoms with Crippen molar-refractivity contribution in [1.29, 1.82) is 0 Å². The highest BCUT2D eigenvalue weighted by atomic mass is 35.5. The summed E-state index contributed by atoms with van der Waals surface area (Å²) in [5.41, 5.74) is 1.39. The number of sulfonamides is 1. The molecular formula is C23H21ClFN3O4S. The summed E-state index contributed by atoms with van der Waals surface area (Å²) >= 11 is 5.90. The number of hydrogen-bond acceptors (Lipinski definition) is 5. The Balaban J connectivity index is 1.67. The zero-order valence-electron chi connectivity index (χ0n) is 17.4. The number of morpholine rings is 1. The molecule has 0 spiro atoms. The van der Waals surface area contributed by atoms with E-state index in [2.05, 4.69) is 10.0 Å². The zero-order valence-corrected chi connectivity index (χ0v) is 19.0. The number of hydrogen-bond donors (Lipinski definition) is 2. The van der Waals surface area contributed by atoms with E-state index in [9.17, 15) is 17.6 Å². The van der Waals surface area contributed by atoms with Crippen LogP contribution in [0.5, 0.6) is 0 Å². The van der Waals surface area contributed by atoms with Crippen molar-refractivity contribution in [3.05, 3.63) is 83.1 Å². The molecule has 1 saturated heterocycles. The number of nitrogens with zero attached hydrogens (tertiary/aromatic N) is 1. The SMILES string of the molecule is O=C(Nc1ccc(N2CCOCC2)c(S(=O)(=O)Nc2ccc(Cl)cc2)c1)c1ccc(F)cc1. The predicted molar refractivity (Wildman–Crippen MR) is 126 cm³/mol. The molecule has 3 aromatic carbocycles. The maximum Gasteiger partial charge on any atom is 0.264 e. The van der Waals surface area contributed by atoms with Crippen molar-refractivity contribution < 1.29 is 22.3 Å². The van der Waals surface area contributed by atoms with Gasteiger partial charge in [-0.15, -0.1) is 0 Å². The van der Waals surface area contributed by atoms with Crippen molar-refractivity contribution in [2.45, 2.75) is 4.90 Å². The number of halogens is 2. The number of ether oxygens (including phenoxy) is 1. The van der Waals surface area contributed by atoms with Gasteiger partial charge in [0, 0.05) is 35.1 Å². The molecule has 4 rings (SSSR count). The summed E-state index contributed by atoms with van der Waals surface area (Å²) in [6.45, 7) is 2.02. The van der Waals surface area contributed by atoms with Gasteiger partial charge in [-0.1, -0.05) is 11.6 Å². The van der Waals surface area contributed by atoms with E-state index in [4.69, 9.17) is 16.3 Å². The lowest BCUT2D eigenvalue weighted by molar-refractivity contribution is 0.102. The molecule has 1 heterocycles. The maximum absolute atomic E-state index is 13.3. The number of carbonyl (C=O) groups excluding carboxylic acids is 1. The molecule has 10 heteroatoms. The number of carbonyl (C=O) groups is 1. The van der Waals surface area contributed by atoms with Gasteiger partial charge in [0.1, 0.15) is 10.7 Å². The Morgan fingerprint density at radius 2 is 1.58 bits per heavy atom. The number of rotatable bonds is 6. The smallest absolute Gasteiger partial charge is 0.264 e. The topological polar surface area (TPSA) is 87.7 Å². The molecule has 1 fully saturated rings. The van der Waals surface area contributed by atoms with E-state index in [-0.39, 0.29) is 16.1 Å². The molecule has 0 aliphatic carbocycles. The highest BCUT2D eigenvalue weighted by Crippen LogP contribution is 2.31. The molecule has 0 aromatic heterocycles. The number of anilines is 3. The fourth-order valence-corrected chi connectivity index (χ4v) is 4.84. The highest BCUT2D eigenvalue weighted by molar-refractivity contribution is 7.92. The molecule has 0 atom stereocenters. The van der Waals surface area contributed by atoms with Gasteiger partial charge in [0.2, 0.25) is 0 Å². The van der Waals surface area contributed by atoms with E-state index in [1.807, 2.05) is 4.90 Å². The Morgan fingerprint density at radius 1 is 0.939 bits per heavy atom. The Morgan fingerprint density at radius 3 is 2.24 bits per heavy atom. The van der Waals surface area contributed by atoms with Crippen molar-refractivity contribution in [1.82, 2.24) is 0 Å². The summed E-state index contributed by atoms with van der Waals surface area (Å²) in [6.07, 6.45) is 0. The number of benzene rings is 3. The van der Waals surface area contributed by atoms with Crippen LogP contribution in [0.2, 0.25) is 5.02 Å². The fourth-order valence-electron chi connectivity index (χ4n) is 3.41. The van der Waals surface area contributed by atoms with E-state index in [1.165, 1.54) is 30.3 Å². The first-order valence-electron chi connectivity index (χ1n) is 10.1. The molecule has 0 unspecified atom stereocenters. The second-order valence-corrected chi connectivity index (χ2v) is 9.44. The normalized spacial score (nSPS) is 14.1. The molecular weight excluding hydrogens is 469 g/mol. The molecule has 3 aromatic rings. The second-order valence-electron chi connectivity index (χ2n) is 7.36. The average molecular weight is 490 g/mol. The molecule has 1 aliphatic heterocycles. The van der Waals surface area contributed by atoms with Crippen molar-refractivity contribution in [2.75, 3.05) is 41.2 Å². The van der Waals surface area contributed by atoms with Crippen LogP contribution in [-0.4, -0.2) is 40.6 Å². The van der Waals surface area contributed by atoms with Gasteiger partial charge >= 0.3 is 0 Å². The Labute approximate surface area is 196 Å². The van der Waals surface area contributed by atoms with Crippen molar-refractivity contribution in [2.24, 2.45) is 0 Å². The van der Waals surface area contributed by atoms with E-state index in [0.717, 1.165) is 0 Å². The van der Waals surface area contributed by atoms with Crippen LogP contribution >= 0.6 is 11.6 Å². The molecule has 2 N–H and O–H groups in total. The lowest BCUT2D eigenvalue weighted by Gasteiger charge is -2.30. The molecule has 7 nitrogen and oxygen atoms in total. The third kappa shape index (κ3) is 5.62. The maximum atomic E-state index is 13.3. The van der Waals surface area contributed by atoms with Gasteiger partial charge in [-0.2, -0.15) is 0 Å². The highest BCUT2D eigenvalue weighted by Gasteiger charge is 2.24. The molecule has 0 radical (unpaired) electrons. The second kappa shape index (κ2) is 9.78. The van der Waals surface area contributed by atoms with E-state index >= 15 is 0 Å². The third-order valence-corrected chi connectivity index (χ3v) is 6.72. The van der Waals surface area contributed by atoms with Gasteiger partial charge in [-0.25, -0.2) is 12.8 Å². The van der Waals surface area contributed by atoms with E-state index in [1.54, 1.807) is 36.4 Å². The number of amides is 1. The van der Waals surface area contributed by atoms with Crippen LogP contribution in [-0.2, 0) is 14.8 Å². The van der Waals surface area contributed by atoms with Gasteiger partial charge in [-0.05, 0) is 66.7 Å². The molecule has 33 heavy (non-hydrogen) atoms. The molecule has 0 bridgehead atoms. The zero-order chi connectivity index (χ0) is 23.4. The largest absolute Gasteiger partial charge is 0.378 e. The first-order valence-corrected chi connectivity index (χ1v) is 12.0. The summed E-state index contributed by atoms with van der Waals surface area (Å²) in [4.78, 5) is 14.5. The molecule has 1 aliphatic rings. The summed E-state index contributed by atoms with van der Waals surface area (Å²) in [5, 5.41) is 3.16. The van der Waals surface area contributed by atoms with Crippen molar-refractivity contribution in [3.8, 4) is 0 Å². The standard InChI is InChI=1S/C23H21ClFN3O4S/c24-17-3-7-19(8-4-17)27-33(30,31)22-15-20(9-10-21(22)28-11-13-32-14-12-28)26-23(29)16-1-5-18(25)6-2-16/h1-10,15,27H,11-14H2,(H,26,29). The third-order valence-electron chi connectivity index (χ3n) is 5.06. The van der Waals surface area contributed by atoms with Crippen LogP contribution in [0.4, 0.5) is 21.5 Å². The Bertz CT molecular complexity index is 1250. The monoisotopic (exact) mass is 489 g/mol. The lowest BCUT2D eigenvalue weighted by atomic mass is 10.2. The minimum absolute atomic E-state index is 0.0104. The Hall–Kier alpha value is -3.14. The number of nitrogens with one attached hydrogen (secondary N) is 2. The van der Waals surface area contributed by atoms with E-state index in [0.29, 0.717) is 42.7 Å². The minimum atomic E-state index is -4.01. The summed E-state index contributed by atoms with van der Waals surface area (Å²) in [7, 11) is -4.01. The summed E-state index contributed by atoms with van der Waals surface area (Å²) < 4.78 is 47.8. The quantitative estimate of drug-likeness (QED) is 0.537. The molecule has 1 amide bonds. The van der Waals surface area contributed by atoms with Crippen LogP contribution in [0, 0.1) is 5.82 Å². The van der Waals surface area contributed by atoms with Gasteiger partial charge in [-0.3, -0.25) is 9.52 Å². The van der Waals surface area contributed by atoms with Crippen LogP contribution in [0.15, 0.2) is 71.6 Å². The van der Waals surface area contributed by atoms with Gasteiger partial charge in [0.25, 0.3) is 15.9 Å². The van der Waals surface area contributed by atoms with Crippen LogP contribution in [0.1, 0.15) is 10.4 Å². The van der Waals surface area contributed by atoms with Crippen molar-refractivity contribution in [3.63, 3.8) is 0 Å². The molecule has 172 valence electrons. The summed E-state index contributed by atoms with van der Waals surface area (Å²) in [6, 6.07) is 16.1. The summed E-state index contributed by atoms with van der Waals surface area (Å²) in [5.74, 6) is -0.939. The van der Waals surface area contributed by atoms with Crippen LogP contribution in [0.25, 0.3) is 0 Å². The van der Waals surface area contributed by atoms with Gasteiger partial charge in [0.05, 0.1) is 18.9 Å². The lowest BCUT2D eigenvalue weighted by Crippen LogP contribution is -2.37. The fraction of sp³-hybridized carbons (Fsp3) is 0.174. The van der Waals surface area contributed by atoms with Crippen molar-refractivity contribution >= 4 is 44.6 Å².